The summed E-state index contributed by atoms with van der Waals surface area (Å²) in [6.07, 6.45) is 0. The molecular weight excluding hydrogens is 454 g/mol. The van der Waals surface area contributed by atoms with Crippen molar-refractivity contribution in [1.82, 2.24) is 20.1 Å². The molecular formula is C24H29N5O4S. The van der Waals surface area contributed by atoms with E-state index < -0.39 is 0 Å². The SMILES string of the molecule is COc1ccc(C(=O)N[C@H](c2nnc(SCC(=O)Nc3cccc(OC)c3)n2C)C(C)C)cc1. The molecule has 0 aliphatic rings. The third-order valence-corrected chi connectivity index (χ3v) is 6.16. The molecule has 0 bridgehead atoms. The predicted molar refractivity (Wildman–Crippen MR) is 131 cm³/mol. The Morgan fingerprint density at radius 1 is 1.03 bits per heavy atom. The fourth-order valence-corrected chi connectivity index (χ4v) is 3.97. The molecule has 2 N–H and O–H groups in total. The van der Waals surface area contributed by atoms with Gasteiger partial charge in [-0.3, -0.25) is 9.59 Å². The number of amides is 2. The zero-order valence-corrected chi connectivity index (χ0v) is 20.7. The Hall–Kier alpha value is -3.53. The number of methoxy groups -OCH3 is 2. The van der Waals surface area contributed by atoms with Crippen LogP contribution in [0.2, 0.25) is 0 Å². The molecule has 0 unspecified atom stereocenters. The second-order valence-corrected chi connectivity index (χ2v) is 8.83. The first kappa shape index (κ1) is 25.1. The van der Waals surface area contributed by atoms with Crippen molar-refractivity contribution < 1.29 is 19.1 Å². The second-order valence-electron chi connectivity index (χ2n) is 7.89. The molecule has 3 rings (SSSR count). The Bertz CT molecular complexity index is 1130. The number of hydrogen-bond acceptors (Lipinski definition) is 7. The number of nitrogens with zero attached hydrogens (tertiary/aromatic N) is 3. The van der Waals surface area contributed by atoms with Crippen LogP contribution < -0.4 is 20.1 Å². The summed E-state index contributed by atoms with van der Waals surface area (Å²) < 4.78 is 12.1. The number of anilines is 1. The van der Waals surface area contributed by atoms with Gasteiger partial charge >= 0.3 is 0 Å². The molecule has 0 radical (unpaired) electrons. The van der Waals surface area contributed by atoms with Gasteiger partial charge in [0.1, 0.15) is 11.5 Å². The quantitative estimate of drug-likeness (QED) is 0.424. The van der Waals surface area contributed by atoms with Crippen molar-refractivity contribution in [2.24, 2.45) is 13.0 Å². The van der Waals surface area contributed by atoms with Crippen LogP contribution in [0.1, 0.15) is 36.1 Å². The van der Waals surface area contributed by atoms with Crippen LogP contribution in [0.3, 0.4) is 0 Å². The summed E-state index contributed by atoms with van der Waals surface area (Å²) >= 11 is 1.27. The first-order chi connectivity index (χ1) is 16.3. The van der Waals surface area contributed by atoms with E-state index in [0.717, 1.165) is 0 Å². The number of carbonyl (C=O) groups is 2. The fraction of sp³-hybridized carbons (Fsp3) is 0.333. The van der Waals surface area contributed by atoms with E-state index in [-0.39, 0.29) is 29.5 Å². The molecule has 0 spiro atoms. The summed E-state index contributed by atoms with van der Waals surface area (Å²) in [7, 11) is 4.98. The van der Waals surface area contributed by atoms with Crippen molar-refractivity contribution in [3.63, 3.8) is 0 Å². The van der Waals surface area contributed by atoms with Crippen LogP contribution in [0, 0.1) is 5.92 Å². The Morgan fingerprint density at radius 2 is 1.74 bits per heavy atom. The first-order valence-corrected chi connectivity index (χ1v) is 11.7. The van der Waals surface area contributed by atoms with Crippen LogP contribution in [-0.2, 0) is 11.8 Å². The van der Waals surface area contributed by atoms with Gasteiger partial charge in [0, 0.05) is 24.4 Å². The Kier molecular flexibility index (Phi) is 8.53. The van der Waals surface area contributed by atoms with Crippen molar-refractivity contribution >= 4 is 29.3 Å². The van der Waals surface area contributed by atoms with E-state index in [2.05, 4.69) is 20.8 Å². The van der Waals surface area contributed by atoms with Gasteiger partial charge in [0.2, 0.25) is 5.91 Å². The molecule has 0 saturated heterocycles. The minimum absolute atomic E-state index is 0.0688. The average Bonchev–Trinajstić information content (AvgIpc) is 3.20. The van der Waals surface area contributed by atoms with Gasteiger partial charge < -0.3 is 24.7 Å². The van der Waals surface area contributed by atoms with E-state index in [1.54, 1.807) is 50.6 Å². The van der Waals surface area contributed by atoms with Gasteiger partial charge in [-0.2, -0.15) is 0 Å². The van der Waals surface area contributed by atoms with Gasteiger partial charge in [-0.05, 0) is 42.3 Å². The fourth-order valence-electron chi connectivity index (χ4n) is 3.25. The molecule has 0 fully saturated rings. The van der Waals surface area contributed by atoms with Crippen molar-refractivity contribution in [1.29, 1.82) is 0 Å². The zero-order chi connectivity index (χ0) is 24.7. The topological polar surface area (TPSA) is 107 Å². The molecule has 1 heterocycles. The maximum absolute atomic E-state index is 12.8. The van der Waals surface area contributed by atoms with E-state index in [0.29, 0.717) is 33.7 Å². The number of benzene rings is 2. The van der Waals surface area contributed by atoms with Crippen molar-refractivity contribution in [3.8, 4) is 11.5 Å². The molecule has 180 valence electrons. The standard InChI is InChI=1S/C24H29N5O4S/c1-15(2)21(26-23(31)16-9-11-18(32-4)12-10-16)22-27-28-24(29(22)3)34-14-20(30)25-17-7-6-8-19(13-17)33-5/h6-13,15,21H,14H2,1-5H3,(H,25,30)(H,26,31)/t21-/m0/s1. The molecule has 10 heteroatoms. The molecule has 2 aromatic carbocycles. The van der Waals surface area contributed by atoms with Crippen LogP contribution in [-0.4, -0.2) is 46.6 Å². The third-order valence-electron chi connectivity index (χ3n) is 5.14. The third kappa shape index (κ3) is 6.28. The Morgan fingerprint density at radius 3 is 2.38 bits per heavy atom. The lowest BCUT2D eigenvalue weighted by Crippen LogP contribution is -2.33. The number of ether oxygens (including phenoxy) is 2. The number of thioether (sulfide) groups is 1. The molecule has 3 aromatic rings. The highest BCUT2D eigenvalue weighted by Crippen LogP contribution is 2.25. The van der Waals surface area contributed by atoms with Gasteiger partial charge in [0.25, 0.3) is 5.91 Å². The van der Waals surface area contributed by atoms with Crippen molar-refractivity contribution in [2.75, 3.05) is 25.3 Å². The number of hydrogen-bond donors (Lipinski definition) is 2. The first-order valence-electron chi connectivity index (χ1n) is 10.7. The summed E-state index contributed by atoms with van der Waals surface area (Å²) in [5.41, 5.74) is 1.18. The Balaban J connectivity index is 1.65. The summed E-state index contributed by atoms with van der Waals surface area (Å²) in [6, 6.07) is 13.7. The summed E-state index contributed by atoms with van der Waals surface area (Å²) in [5, 5.41) is 15.0. The van der Waals surface area contributed by atoms with E-state index in [9.17, 15) is 9.59 Å². The van der Waals surface area contributed by atoms with E-state index in [4.69, 9.17) is 9.47 Å². The Labute approximate surface area is 203 Å². The molecule has 2 amide bonds. The van der Waals surface area contributed by atoms with Crippen molar-refractivity contribution in [3.05, 3.63) is 59.9 Å². The van der Waals surface area contributed by atoms with Crippen LogP contribution in [0.4, 0.5) is 5.69 Å². The highest BCUT2D eigenvalue weighted by Gasteiger charge is 2.25. The number of carbonyl (C=O) groups excluding carboxylic acids is 2. The maximum Gasteiger partial charge on any atom is 0.251 e. The minimum atomic E-state index is -0.355. The highest BCUT2D eigenvalue weighted by atomic mass is 32.2. The molecule has 1 atom stereocenters. The van der Waals surface area contributed by atoms with Crippen LogP contribution in [0.25, 0.3) is 0 Å². The molecule has 0 saturated carbocycles. The van der Waals surface area contributed by atoms with Crippen LogP contribution >= 0.6 is 11.8 Å². The highest BCUT2D eigenvalue weighted by molar-refractivity contribution is 7.99. The predicted octanol–water partition coefficient (Wildman–Crippen LogP) is 3.69. The average molecular weight is 484 g/mol. The maximum atomic E-state index is 12.8. The number of rotatable bonds is 10. The van der Waals surface area contributed by atoms with Crippen LogP contribution in [0.5, 0.6) is 11.5 Å². The zero-order valence-electron chi connectivity index (χ0n) is 19.9. The van der Waals surface area contributed by atoms with E-state index in [1.165, 1.54) is 11.8 Å². The van der Waals surface area contributed by atoms with E-state index in [1.807, 2.05) is 37.6 Å². The van der Waals surface area contributed by atoms with Gasteiger partial charge in [0.05, 0.1) is 26.0 Å². The normalized spacial score (nSPS) is 11.7. The second kappa shape index (κ2) is 11.6. The smallest absolute Gasteiger partial charge is 0.251 e. The lowest BCUT2D eigenvalue weighted by Gasteiger charge is -2.21. The summed E-state index contributed by atoms with van der Waals surface area (Å²) in [5.74, 6) is 1.81. The monoisotopic (exact) mass is 483 g/mol. The van der Waals surface area contributed by atoms with E-state index >= 15 is 0 Å². The molecule has 0 aliphatic heterocycles. The summed E-state index contributed by atoms with van der Waals surface area (Å²) in [4.78, 5) is 25.2. The molecule has 1 aromatic heterocycles. The van der Waals surface area contributed by atoms with Gasteiger partial charge in [-0.25, -0.2) is 0 Å². The number of nitrogens with one attached hydrogen (secondary N) is 2. The summed E-state index contributed by atoms with van der Waals surface area (Å²) in [6.45, 7) is 4.00. The van der Waals surface area contributed by atoms with Gasteiger partial charge in [0.15, 0.2) is 11.0 Å². The van der Waals surface area contributed by atoms with Gasteiger partial charge in [-0.1, -0.05) is 31.7 Å². The van der Waals surface area contributed by atoms with Crippen LogP contribution in [0.15, 0.2) is 53.7 Å². The molecule has 9 nitrogen and oxygen atoms in total. The van der Waals surface area contributed by atoms with Gasteiger partial charge in [-0.15, -0.1) is 10.2 Å². The molecule has 0 aliphatic carbocycles. The number of aromatic nitrogens is 3. The lowest BCUT2D eigenvalue weighted by molar-refractivity contribution is -0.113. The van der Waals surface area contributed by atoms with Crippen molar-refractivity contribution in [2.45, 2.75) is 25.0 Å². The molecule has 34 heavy (non-hydrogen) atoms. The lowest BCUT2D eigenvalue weighted by atomic mass is 10.0. The largest absolute Gasteiger partial charge is 0.497 e. The minimum Gasteiger partial charge on any atom is -0.497 e.